The molecule has 0 unspecified atom stereocenters. The molecule has 1 aromatic carbocycles. The van der Waals surface area contributed by atoms with Gasteiger partial charge in [0.15, 0.2) is 0 Å². The first-order chi connectivity index (χ1) is 17.0. The number of nitrogens with one attached hydrogen (secondary N) is 2. The van der Waals surface area contributed by atoms with Crippen molar-refractivity contribution in [3.05, 3.63) is 70.5 Å². The zero-order valence-corrected chi connectivity index (χ0v) is 20.8. The molecule has 1 aliphatic heterocycles. The summed E-state index contributed by atoms with van der Waals surface area (Å²) in [6.07, 6.45) is 6.46. The zero-order chi connectivity index (χ0) is 24.4. The number of aromatic nitrogens is 4. The summed E-state index contributed by atoms with van der Waals surface area (Å²) >= 11 is 8.07. The SMILES string of the molecule is C=CC(=O)N1CCC(c2c[nH]c3ncnc(Nc4ccc(O[C@H](C)c5cscn5)c(Cl)c4)c23)CC1. The zero-order valence-electron chi connectivity index (χ0n) is 19.2. The van der Waals surface area contributed by atoms with Crippen molar-refractivity contribution in [2.75, 3.05) is 18.4 Å². The van der Waals surface area contributed by atoms with Gasteiger partial charge in [-0.05, 0) is 55.5 Å². The highest BCUT2D eigenvalue weighted by Crippen LogP contribution is 2.37. The van der Waals surface area contributed by atoms with Crippen LogP contribution >= 0.6 is 22.9 Å². The summed E-state index contributed by atoms with van der Waals surface area (Å²) in [4.78, 5) is 30.3. The Labute approximate surface area is 212 Å². The lowest BCUT2D eigenvalue weighted by molar-refractivity contribution is -0.127. The molecule has 0 radical (unpaired) electrons. The minimum atomic E-state index is -0.199. The fourth-order valence-electron chi connectivity index (χ4n) is 4.43. The standard InChI is InChI=1S/C25H25ClN6O2S/c1-3-22(33)32-8-6-16(7-9-32)18-11-27-24-23(18)25(29-13-28-24)31-17-4-5-21(19(26)10-17)34-15(2)20-12-35-14-30-20/h3-5,10-16H,1,6-9H2,2H3,(H2,27,28,29,31)/t15-/m1/s1. The lowest BCUT2D eigenvalue weighted by Crippen LogP contribution is -2.36. The number of fused-ring (bicyclic) bond motifs is 1. The van der Waals surface area contributed by atoms with E-state index in [9.17, 15) is 4.79 Å². The normalized spacial score (nSPS) is 15.2. The number of carbonyl (C=O) groups is 1. The third-order valence-corrected chi connectivity index (χ3v) is 7.19. The Morgan fingerprint density at radius 3 is 2.89 bits per heavy atom. The molecule has 1 saturated heterocycles. The molecule has 1 atom stereocenters. The second kappa shape index (κ2) is 10.1. The number of piperidine rings is 1. The highest BCUT2D eigenvalue weighted by atomic mass is 35.5. The largest absolute Gasteiger partial charge is 0.483 e. The van der Waals surface area contributed by atoms with E-state index in [2.05, 4.69) is 31.8 Å². The van der Waals surface area contributed by atoms with Crippen LogP contribution in [0.2, 0.25) is 5.02 Å². The highest BCUT2D eigenvalue weighted by Gasteiger charge is 2.26. The van der Waals surface area contributed by atoms with Crippen LogP contribution in [0.1, 0.15) is 43.0 Å². The van der Waals surface area contributed by atoms with Gasteiger partial charge in [0.1, 0.15) is 29.6 Å². The number of nitrogens with zero attached hydrogens (tertiary/aromatic N) is 4. The molecule has 4 heterocycles. The predicted octanol–water partition coefficient (Wildman–Crippen LogP) is 5.84. The van der Waals surface area contributed by atoms with Gasteiger partial charge in [-0.3, -0.25) is 4.79 Å². The number of rotatable bonds is 7. The monoisotopic (exact) mass is 508 g/mol. The number of likely N-dealkylation sites (tertiary alicyclic amines) is 1. The third-order valence-electron chi connectivity index (χ3n) is 6.29. The van der Waals surface area contributed by atoms with Crippen molar-refractivity contribution in [1.29, 1.82) is 0 Å². The Morgan fingerprint density at radius 1 is 1.34 bits per heavy atom. The van der Waals surface area contributed by atoms with Crippen LogP contribution in [0.15, 0.2) is 54.3 Å². The lowest BCUT2D eigenvalue weighted by Gasteiger charge is -2.31. The minimum Gasteiger partial charge on any atom is -0.483 e. The number of aromatic amines is 1. The van der Waals surface area contributed by atoms with E-state index in [0.717, 1.165) is 40.8 Å². The van der Waals surface area contributed by atoms with Gasteiger partial charge in [0.25, 0.3) is 0 Å². The fourth-order valence-corrected chi connectivity index (χ4v) is 5.29. The number of halogens is 1. The summed E-state index contributed by atoms with van der Waals surface area (Å²) in [5.41, 5.74) is 5.37. The molecule has 180 valence electrons. The average Bonchev–Trinajstić information content (AvgIpc) is 3.56. The van der Waals surface area contributed by atoms with Crippen molar-refractivity contribution in [3.63, 3.8) is 0 Å². The van der Waals surface area contributed by atoms with E-state index in [1.807, 2.05) is 41.6 Å². The number of anilines is 2. The third kappa shape index (κ3) is 4.87. The first kappa shape index (κ1) is 23.3. The number of thiazole rings is 1. The molecule has 1 fully saturated rings. The molecule has 2 N–H and O–H groups in total. The molecule has 0 bridgehead atoms. The van der Waals surface area contributed by atoms with E-state index < -0.39 is 0 Å². The van der Waals surface area contributed by atoms with Crippen LogP contribution in [-0.4, -0.2) is 43.8 Å². The first-order valence-electron chi connectivity index (χ1n) is 11.4. The molecule has 1 amide bonds. The summed E-state index contributed by atoms with van der Waals surface area (Å²) in [6.45, 7) is 6.95. The first-order valence-corrected chi connectivity index (χ1v) is 12.7. The van der Waals surface area contributed by atoms with Crippen molar-refractivity contribution in [1.82, 2.24) is 24.8 Å². The van der Waals surface area contributed by atoms with Crippen molar-refractivity contribution in [2.24, 2.45) is 0 Å². The van der Waals surface area contributed by atoms with Gasteiger partial charge in [0.2, 0.25) is 5.91 Å². The van der Waals surface area contributed by atoms with Gasteiger partial charge in [-0.15, -0.1) is 11.3 Å². The maximum atomic E-state index is 11.9. The maximum absolute atomic E-state index is 11.9. The summed E-state index contributed by atoms with van der Waals surface area (Å²) < 4.78 is 6.00. The Kier molecular flexibility index (Phi) is 6.70. The van der Waals surface area contributed by atoms with Crippen LogP contribution in [0, 0.1) is 0 Å². The van der Waals surface area contributed by atoms with Crippen LogP contribution in [0.5, 0.6) is 5.75 Å². The van der Waals surface area contributed by atoms with Gasteiger partial charge >= 0.3 is 0 Å². The molecular formula is C25H25ClN6O2S. The second-order valence-electron chi connectivity index (χ2n) is 8.44. The van der Waals surface area contributed by atoms with Gasteiger partial charge in [-0.1, -0.05) is 18.2 Å². The smallest absolute Gasteiger partial charge is 0.245 e. The van der Waals surface area contributed by atoms with Crippen LogP contribution in [0.25, 0.3) is 11.0 Å². The van der Waals surface area contributed by atoms with Gasteiger partial charge in [-0.2, -0.15) is 0 Å². The van der Waals surface area contributed by atoms with Crippen LogP contribution in [-0.2, 0) is 4.79 Å². The summed E-state index contributed by atoms with van der Waals surface area (Å²) in [5, 5.41) is 6.81. The molecule has 4 aromatic rings. The molecular weight excluding hydrogens is 484 g/mol. The van der Waals surface area contributed by atoms with Gasteiger partial charge in [0, 0.05) is 30.4 Å². The molecule has 0 spiro atoms. The number of ether oxygens (including phenoxy) is 1. The van der Waals surface area contributed by atoms with Crippen molar-refractivity contribution >= 4 is 51.4 Å². The number of H-pyrrole nitrogens is 1. The summed E-state index contributed by atoms with van der Waals surface area (Å²) in [6, 6.07) is 5.58. The van der Waals surface area contributed by atoms with Crippen molar-refractivity contribution in [3.8, 4) is 5.75 Å². The summed E-state index contributed by atoms with van der Waals surface area (Å²) in [5.74, 6) is 1.58. The molecule has 35 heavy (non-hydrogen) atoms. The number of amides is 1. The van der Waals surface area contributed by atoms with E-state index >= 15 is 0 Å². The van der Waals surface area contributed by atoms with Gasteiger partial charge in [0.05, 0.1) is 21.6 Å². The number of benzene rings is 1. The van der Waals surface area contributed by atoms with Crippen molar-refractivity contribution < 1.29 is 9.53 Å². The fraction of sp³-hybridized carbons (Fsp3) is 0.280. The number of carbonyl (C=O) groups excluding carboxylic acids is 1. The Hall–Kier alpha value is -3.43. The van der Waals surface area contributed by atoms with E-state index in [4.69, 9.17) is 16.3 Å². The topological polar surface area (TPSA) is 96.0 Å². The Balaban J connectivity index is 1.35. The van der Waals surface area contributed by atoms with E-state index in [-0.39, 0.29) is 12.0 Å². The van der Waals surface area contributed by atoms with Crippen LogP contribution in [0.3, 0.4) is 0 Å². The van der Waals surface area contributed by atoms with Gasteiger partial charge < -0.3 is 19.9 Å². The lowest BCUT2D eigenvalue weighted by atomic mass is 9.89. The molecule has 0 aliphatic carbocycles. The Bertz CT molecular complexity index is 1350. The molecule has 1 aliphatic rings. The maximum Gasteiger partial charge on any atom is 0.245 e. The van der Waals surface area contributed by atoms with Gasteiger partial charge in [-0.25, -0.2) is 15.0 Å². The second-order valence-corrected chi connectivity index (χ2v) is 9.56. The summed E-state index contributed by atoms with van der Waals surface area (Å²) in [7, 11) is 0. The number of hydrogen-bond acceptors (Lipinski definition) is 7. The minimum absolute atomic E-state index is 0.0154. The quantitative estimate of drug-likeness (QED) is 0.304. The highest BCUT2D eigenvalue weighted by molar-refractivity contribution is 7.07. The van der Waals surface area contributed by atoms with E-state index in [1.165, 1.54) is 23.7 Å². The van der Waals surface area contributed by atoms with Crippen molar-refractivity contribution in [2.45, 2.75) is 31.8 Å². The molecule has 5 rings (SSSR count). The average molecular weight is 509 g/mol. The molecule has 10 heteroatoms. The van der Waals surface area contributed by atoms with Crippen LogP contribution < -0.4 is 10.1 Å². The number of hydrogen-bond donors (Lipinski definition) is 2. The molecule has 3 aromatic heterocycles. The van der Waals surface area contributed by atoms with Crippen LogP contribution in [0.4, 0.5) is 11.5 Å². The van der Waals surface area contributed by atoms with E-state index in [1.54, 1.807) is 5.51 Å². The molecule has 0 saturated carbocycles. The van der Waals surface area contributed by atoms with E-state index in [0.29, 0.717) is 35.6 Å². The predicted molar refractivity (Wildman–Crippen MR) is 139 cm³/mol. The Morgan fingerprint density at radius 2 is 2.17 bits per heavy atom. The molecule has 8 nitrogen and oxygen atoms in total.